The Balaban J connectivity index is 1.67. The van der Waals surface area contributed by atoms with E-state index in [1.165, 1.54) is 16.6 Å². The third-order valence-corrected chi connectivity index (χ3v) is 4.06. The predicted octanol–water partition coefficient (Wildman–Crippen LogP) is 1.39. The number of nitrogens with one attached hydrogen (secondary N) is 3. The van der Waals surface area contributed by atoms with E-state index in [4.69, 9.17) is 4.74 Å². The Morgan fingerprint density at radius 3 is 3.05 bits per heavy atom. The average Bonchev–Trinajstić information content (AvgIpc) is 2.80. The molecule has 1 atom stereocenters. The van der Waals surface area contributed by atoms with Crippen LogP contribution >= 0.6 is 0 Å². The van der Waals surface area contributed by atoms with Crippen LogP contribution in [-0.2, 0) is 16.1 Å². The molecular formula is C16H21N3O2. The zero-order valence-electron chi connectivity index (χ0n) is 12.5. The summed E-state index contributed by atoms with van der Waals surface area (Å²) in [6.07, 6.45) is -0.376. The number of carbonyl (C=O) groups is 1. The normalized spacial score (nSPS) is 18.9. The van der Waals surface area contributed by atoms with Crippen LogP contribution in [0.15, 0.2) is 18.2 Å². The van der Waals surface area contributed by atoms with Gasteiger partial charge in [0.2, 0.25) is 0 Å². The lowest BCUT2D eigenvalue weighted by Gasteiger charge is -2.22. The van der Waals surface area contributed by atoms with Crippen molar-refractivity contribution in [1.29, 1.82) is 0 Å². The molecule has 21 heavy (non-hydrogen) atoms. The number of aromatic amines is 1. The number of hydrogen-bond donors (Lipinski definition) is 3. The molecule has 2 heterocycles. The quantitative estimate of drug-likeness (QED) is 0.799. The molecule has 2 aromatic rings. The molecule has 0 spiro atoms. The van der Waals surface area contributed by atoms with Gasteiger partial charge in [-0.15, -0.1) is 0 Å². The van der Waals surface area contributed by atoms with Gasteiger partial charge in [-0.1, -0.05) is 6.07 Å². The lowest BCUT2D eigenvalue weighted by atomic mass is 10.1. The number of rotatable bonds is 3. The van der Waals surface area contributed by atoms with Crippen LogP contribution in [0.1, 0.15) is 16.8 Å². The molecule has 1 unspecified atom stereocenters. The number of aryl methyl sites for hydroxylation is 2. The van der Waals surface area contributed by atoms with Crippen LogP contribution in [0.5, 0.6) is 0 Å². The maximum atomic E-state index is 12.0. The maximum absolute atomic E-state index is 12.0. The van der Waals surface area contributed by atoms with Gasteiger partial charge in [0, 0.05) is 36.2 Å². The van der Waals surface area contributed by atoms with Crippen molar-refractivity contribution >= 4 is 16.8 Å². The van der Waals surface area contributed by atoms with Gasteiger partial charge in [-0.2, -0.15) is 0 Å². The summed E-state index contributed by atoms with van der Waals surface area (Å²) < 4.78 is 5.44. The number of carbonyl (C=O) groups excluding carboxylic acids is 1. The standard InChI is InChI=1S/C16H21N3O2/c1-10-11(2)19-14-4-3-12(7-13(10)14)8-18-16(20)15-9-17-5-6-21-15/h3-4,7,15,17,19H,5-6,8-9H2,1-2H3,(H,18,20). The third kappa shape index (κ3) is 2.94. The van der Waals surface area contributed by atoms with Gasteiger partial charge >= 0.3 is 0 Å². The highest BCUT2D eigenvalue weighted by atomic mass is 16.5. The Morgan fingerprint density at radius 2 is 2.29 bits per heavy atom. The molecule has 1 amide bonds. The van der Waals surface area contributed by atoms with Gasteiger partial charge in [0.05, 0.1) is 6.61 Å². The van der Waals surface area contributed by atoms with E-state index in [0.717, 1.165) is 17.6 Å². The van der Waals surface area contributed by atoms with Crippen LogP contribution in [0.25, 0.3) is 10.9 Å². The topological polar surface area (TPSA) is 66.2 Å². The average molecular weight is 287 g/mol. The van der Waals surface area contributed by atoms with Crippen LogP contribution in [0.4, 0.5) is 0 Å². The molecule has 5 heteroatoms. The number of morpholine rings is 1. The number of benzene rings is 1. The Labute approximate surface area is 124 Å². The lowest BCUT2D eigenvalue weighted by Crippen LogP contribution is -2.47. The first-order valence-electron chi connectivity index (χ1n) is 7.33. The summed E-state index contributed by atoms with van der Waals surface area (Å²) in [5.41, 5.74) is 4.69. The van der Waals surface area contributed by atoms with Gasteiger partial charge in [-0.25, -0.2) is 0 Å². The lowest BCUT2D eigenvalue weighted by molar-refractivity contribution is -0.134. The highest BCUT2D eigenvalue weighted by Gasteiger charge is 2.21. The first kappa shape index (κ1) is 14.1. The molecule has 112 valence electrons. The van der Waals surface area contributed by atoms with Gasteiger partial charge in [0.1, 0.15) is 6.10 Å². The SMILES string of the molecule is Cc1[nH]c2ccc(CNC(=O)C3CNCCO3)cc2c1C. The molecular weight excluding hydrogens is 266 g/mol. The van der Waals surface area contributed by atoms with Gasteiger partial charge in [-0.3, -0.25) is 4.79 Å². The maximum Gasteiger partial charge on any atom is 0.250 e. The second kappa shape index (κ2) is 5.87. The van der Waals surface area contributed by atoms with Crippen molar-refractivity contribution in [2.24, 2.45) is 0 Å². The molecule has 0 saturated carbocycles. The van der Waals surface area contributed by atoms with E-state index in [1.807, 2.05) is 6.07 Å². The summed E-state index contributed by atoms with van der Waals surface area (Å²) in [5.74, 6) is -0.0516. The minimum atomic E-state index is -0.376. The van der Waals surface area contributed by atoms with Crippen LogP contribution in [0.2, 0.25) is 0 Å². The molecule has 1 aliphatic heterocycles. The second-order valence-corrected chi connectivity index (χ2v) is 5.54. The van der Waals surface area contributed by atoms with E-state index < -0.39 is 0 Å². The fourth-order valence-corrected chi connectivity index (χ4v) is 2.66. The number of hydrogen-bond acceptors (Lipinski definition) is 3. The summed E-state index contributed by atoms with van der Waals surface area (Å²) in [5, 5.41) is 7.32. The van der Waals surface area contributed by atoms with Crippen LogP contribution in [0.3, 0.4) is 0 Å². The monoisotopic (exact) mass is 287 g/mol. The molecule has 1 aromatic heterocycles. The minimum Gasteiger partial charge on any atom is -0.366 e. The summed E-state index contributed by atoms with van der Waals surface area (Å²) in [4.78, 5) is 15.4. The van der Waals surface area contributed by atoms with Gasteiger partial charge in [-0.05, 0) is 37.1 Å². The Morgan fingerprint density at radius 1 is 1.43 bits per heavy atom. The summed E-state index contributed by atoms with van der Waals surface area (Å²) >= 11 is 0. The second-order valence-electron chi connectivity index (χ2n) is 5.54. The predicted molar refractivity (Wildman–Crippen MR) is 82.2 cm³/mol. The third-order valence-electron chi connectivity index (χ3n) is 4.06. The van der Waals surface area contributed by atoms with Crippen LogP contribution in [0, 0.1) is 13.8 Å². The van der Waals surface area contributed by atoms with E-state index in [1.54, 1.807) is 0 Å². The Kier molecular flexibility index (Phi) is 3.94. The van der Waals surface area contributed by atoms with Crippen LogP contribution in [-0.4, -0.2) is 36.7 Å². The van der Waals surface area contributed by atoms with E-state index in [9.17, 15) is 4.79 Å². The number of fused-ring (bicyclic) bond motifs is 1. The van der Waals surface area contributed by atoms with E-state index in [0.29, 0.717) is 19.7 Å². The van der Waals surface area contributed by atoms with Crippen molar-refractivity contribution in [3.63, 3.8) is 0 Å². The number of amides is 1. The molecule has 0 bridgehead atoms. The number of H-pyrrole nitrogens is 1. The zero-order valence-corrected chi connectivity index (χ0v) is 12.5. The van der Waals surface area contributed by atoms with Crippen molar-refractivity contribution in [3.05, 3.63) is 35.0 Å². The van der Waals surface area contributed by atoms with Gasteiger partial charge < -0.3 is 20.4 Å². The molecule has 1 aliphatic rings. The number of aromatic nitrogens is 1. The molecule has 1 fully saturated rings. The largest absolute Gasteiger partial charge is 0.366 e. The molecule has 0 radical (unpaired) electrons. The highest BCUT2D eigenvalue weighted by Crippen LogP contribution is 2.22. The fraction of sp³-hybridized carbons (Fsp3) is 0.438. The molecule has 3 rings (SSSR count). The Bertz CT molecular complexity index is 657. The van der Waals surface area contributed by atoms with Gasteiger partial charge in [0.25, 0.3) is 5.91 Å². The highest BCUT2D eigenvalue weighted by molar-refractivity contribution is 5.85. The van der Waals surface area contributed by atoms with Crippen LogP contribution < -0.4 is 10.6 Å². The van der Waals surface area contributed by atoms with Crippen molar-refractivity contribution < 1.29 is 9.53 Å². The molecule has 0 aliphatic carbocycles. The van der Waals surface area contributed by atoms with Crippen molar-refractivity contribution in [2.45, 2.75) is 26.5 Å². The van der Waals surface area contributed by atoms with E-state index in [-0.39, 0.29) is 12.0 Å². The van der Waals surface area contributed by atoms with Crippen molar-refractivity contribution in [2.75, 3.05) is 19.7 Å². The first-order chi connectivity index (χ1) is 10.1. The molecule has 5 nitrogen and oxygen atoms in total. The van der Waals surface area contributed by atoms with E-state index in [2.05, 4.69) is 41.6 Å². The minimum absolute atomic E-state index is 0.0516. The summed E-state index contributed by atoms with van der Waals surface area (Å²) in [7, 11) is 0. The fourth-order valence-electron chi connectivity index (χ4n) is 2.66. The zero-order chi connectivity index (χ0) is 14.8. The summed E-state index contributed by atoms with van der Waals surface area (Å²) in [6, 6.07) is 6.24. The van der Waals surface area contributed by atoms with Gasteiger partial charge in [0.15, 0.2) is 0 Å². The molecule has 1 aromatic carbocycles. The molecule has 3 N–H and O–H groups in total. The van der Waals surface area contributed by atoms with Crippen molar-refractivity contribution in [1.82, 2.24) is 15.6 Å². The first-order valence-corrected chi connectivity index (χ1v) is 7.33. The smallest absolute Gasteiger partial charge is 0.250 e. The molecule has 1 saturated heterocycles. The summed E-state index contributed by atoms with van der Waals surface area (Å²) in [6.45, 7) is 6.69. The Hall–Kier alpha value is -1.85. The number of ether oxygens (including phenoxy) is 1. The van der Waals surface area contributed by atoms with E-state index >= 15 is 0 Å². The van der Waals surface area contributed by atoms with Crippen molar-refractivity contribution in [3.8, 4) is 0 Å².